The molecule has 156 valence electrons. The van der Waals surface area contributed by atoms with Crippen LogP contribution in [0.3, 0.4) is 0 Å². The van der Waals surface area contributed by atoms with E-state index in [1.54, 1.807) is 21.3 Å². The van der Waals surface area contributed by atoms with Gasteiger partial charge < -0.3 is 23.8 Å². The molecule has 0 spiro atoms. The number of hydrogen-bond donors (Lipinski definition) is 0. The van der Waals surface area contributed by atoms with Crippen LogP contribution >= 0.6 is 0 Å². The Kier molecular flexibility index (Phi) is 7.22. The Morgan fingerprint density at radius 1 is 0.931 bits per heavy atom. The molecule has 29 heavy (non-hydrogen) atoms. The topological polar surface area (TPSA) is 57.2 Å². The first-order valence-corrected chi connectivity index (χ1v) is 9.92. The first-order valence-electron chi connectivity index (χ1n) is 9.92. The number of nitrogens with zero attached hydrogens (tertiary/aromatic N) is 1. The van der Waals surface area contributed by atoms with Gasteiger partial charge in [0.1, 0.15) is 23.0 Å². The molecule has 0 radical (unpaired) electrons. The molecule has 0 bridgehead atoms. The maximum absolute atomic E-state index is 12.9. The van der Waals surface area contributed by atoms with Crippen molar-refractivity contribution in [3.05, 3.63) is 48.0 Å². The molecule has 1 aliphatic rings. The van der Waals surface area contributed by atoms with Crippen LogP contribution in [0, 0.1) is 0 Å². The molecule has 6 heteroatoms. The van der Waals surface area contributed by atoms with Crippen molar-refractivity contribution in [2.24, 2.45) is 0 Å². The van der Waals surface area contributed by atoms with E-state index in [1.165, 1.54) is 0 Å². The van der Waals surface area contributed by atoms with Crippen molar-refractivity contribution >= 4 is 5.91 Å². The van der Waals surface area contributed by atoms with Gasteiger partial charge in [0.25, 0.3) is 0 Å². The van der Waals surface area contributed by atoms with E-state index in [0.29, 0.717) is 32.0 Å². The summed E-state index contributed by atoms with van der Waals surface area (Å²) in [6, 6.07) is 13.5. The predicted molar refractivity (Wildman–Crippen MR) is 111 cm³/mol. The van der Waals surface area contributed by atoms with E-state index in [9.17, 15) is 4.79 Å². The minimum absolute atomic E-state index is 0.149. The number of methoxy groups -OCH3 is 3. The molecule has 2 aromatic carbocycles. The smallest absolute Gasteiger partial charge is 0.223 e. The highest BCUT2D eigenvalue weighted by molar-refractivity contribution is 5.77. The van der Waals surface area contributed by atoms with Gasteiger partial charge in [-0.3, -0.25) is 4.79 Å². The number of carbonyl (C=O) groups excluding carboxylic acids is 1. The molecular formula is C23H29NO5. The molecule has 1 fully saturated rings. The number of benzene rings is 2. The molecule has 2 aromatic rings. The van der Waals surface area contributed by atoms with Gasteiger partial charge in [-0.05, 0) is 61.7 Å². The molecule has 0 aromatic heterocycles. The van der Waals surface area contributed by atoms with Crippen molar-refractivity contribution in [3.63, 3.8) is 0 Å². The molecule has 0 N–H and O–H groups in total. The third-order valence-corrected chi connectivity index (χ3v) is 5.00. The minimum Gasteiger partial charge on any atom is -0.497 e. The Labute approximate surface area is 172 Å². The van der Waals surface area contributed by atoms with Crippen LogP contribution in [0.4, 0.5) is 0 Å². The van der Waals surface area contributed by atoms with Crippen LogP contribution in [-0.2, 0) is 11.3 Å². The average Bonchev–Trinajstić information content (AvgIpc) is 3.60. The lowest BCUT2D eigenvalue weighted by Gasteiger charge is -2.24. The van der Waals surface area contributed by atoms with Gasteiger partial charge in [0.15, 0.2) is 0 Å². The third-order valence-electron chi connectivity index (χ3n) is 5.00. The summed E-state index contributed by atoms with van der Waals surface area (Å²) in [6.07, 6.45) is 3.24. The van der Waals surface area contributed by atoms with Gasteiger partial charge in [0.05, 0.1) is 27.9 Å². The molecule has 1 aliphatic carbocycles. The van der Waals surface area contributed by atoms with Gasteiger partial charge in [-0.15, -0.1) is 0 Å². The highest BCUT2D eigenvalue weighted by Gasteiger charge is 2.32. The van der Waals surface area contributed by atoms with Crippen molar-refractivity contribution < 1.29 is 23.7 Å². The molecule has 6 nitrogen and oxygen atoms in total. The summed E-state index contributed by atoms with van der Waals surface area (Å²) in [5.74, 6) is 3.25. The largest absolute Gasteiger partial charge is 0.497 e. The van der Waals surface area contributed by atoms with Crippen LogP contribution < -0.4 is 18.9 Å². The van der Waals surface area contributed by atoms with Crippen molar-refractivity contribution in [2.45, 2.75) is 38.3 Å². The summed E-state index contributed by atoms with van der Waals surface area (Å²) in [5.41, 5.74) is 0.960. The number of amides is 1. The van der Waals surface area contributed by atoms with E-state index in [-0.39, 0.29) is 5.91 Å². The molecular weight excluding hydrogens is 370 g/mol. The monoisotopic (exact) mass is 399 g/mol. The van der Waals surface area contributed by atoms with E-state index in [1.807, 2.05) is 47.4 Å². The fraction of sp³-hybridized carbons (Fsp3) is 0.435. The number of ether oxygens (including phenoxy) is 4. The third kappa shape index (κ3) is 5.79. The Bertz CT molecular complexity index is 801. The maximum atomic E-state index is 12.9. The van der Waals surface area contributed by atoms with Crippen molar-refractivity contribution in [2.75, 3.05) is 27.9 Å². The fourth-order valence-electron chi connectivity index (χ4n) is 3.23. The molecule has 0 heterocycles. The molecule has 0 atom stereocenters. The molecule has 0 unspecified atom stereocenters. The van der Waals surface area contributed by atoms with E-state index in [4.69, 9.17) is 18.9 Å². The summed E-state index contributed by atoms with van der Waals surface area (Å²) in [7, 11) is 4.91. The zero-order chi connectivity index (χ0) is 20.6. The fourth-order valence-corrected chi connectivity index (χ4v) is 3.23. The lowest BCUT2D eigenvalue weighted by molar-refractivity contribution is -0.132. The molecule has 0 aliphatic heterocycles. The van der Waals surface area contributed by atoms with E-state index < -0.39 is 0 Å². The summed E-state index contributed by atoms with van der Waals surface area (Å²) in [5, 5.41) is 0. The van der Waals surface area contributed by atoms with Gasteiger partial charge >= 0.3 is 0 Å². The quantitative estimate of drug-likeness (QED) is 0.533. The Morgan fingerprint density at radius 3 is 2.21 bits per heavy atom. The predicted octanol–water partition coefficient (Wildman–Crippen LogP) is 4.06. The van der Waals surface area contributed by atoms with E-state index in [2.05, 4.69) is 0 Å². The summed E-state index contributed by atoms with van der Waals surface area (Å²) in [4.78, 5) is 14.8. The van der Waals surface area contributed by atoms with Crippen LogP contribution in [0.25, 0.3) is 0 Å². The van der Waals surface area contributed by atoms with E-state index >= 15 is 0 Å². The number of carbonyl (C=O) groups is 1. The van der Waals surface area contributed by atoms with E-state index in [0.717, 1.165) is 41.4 Å². The van der Waals surface area contributed by atoms with Crippen LogP contribution in [0.5, 0.6) is 23.0 Å². The Hall–Kier alpha value is -2.89. The minimum atomic E-state index is 0.149. The SMILES string of the molecule is COc1ccc(OCCCC(=O)N(Cc2cc(OC)ccc2OC)C2CC2)cc1. The lowest BCUT2D eigenvalue weighted by Crippen LogP contribution is -2.32. The maximum Gasteiger partial charge on any atom is 0.223 e. The highest BCUT2D eigenvalue weighted by atomic mass is 16.5. The Morgan fingerprint density at radius 2 is 1.59 bits per heavy atom. The Balaban J connectivity index is 1.53. The standard InChI is InChI=1S/C23H29NO5/c1-26-19-8-10-20(11-9-19)29-14-4-5-23(25)24(18-6-7-18)16-17-15-21(27-2)12-13-22(17)28-3/h8-13,15,18H,4-7,14,16H2,1-3H3. The number of rotatable bonds is 11. The molecule has 0 saturated heterocycles. The first kappa shape index (κ1) is 20.8. The highest BCUT2D eigenvalue weighted by Crippen LogP contribution is 2.32. The second-order valence-electron chi connectivity index (χ2n) is 7.06. The normalized spacial score (nSPS) is 12.9. The van der Waals surface area contributed by atoms with Gasteiger partial charge in [-0.1, -0.05) is 0 Å². The van der Waals surface area contributed by atoms with Gasteiger partial charge in [0.2, 0.25) is 5.91 Å². The average molecular weight is 399 g/mol. The second kappa shape index (κ2) is 10.0. The van der Waals surface area contributed by atoms with Crippen molar-refractivity contribution in [1.29, 1.82) is 0 Å². The van der Waals surface area contributed by atoms with Crippen LogP contribution in [0.1, 0.15) is 31.2 Å². The first-order chi connectivity index (χ1) is 14.1. The molecule has 1 amide bonds. The molecule has 3 rings (SSSR count). The van der Waals surface area contributed by atoms with Crippen LogP contribution in [-0.4, -0.2) is 44.8 Å². The van der Waals surface area contributed by atoms with Gasteiger partial charge in [0, 0.05) is 24.6 Å². The van der Waals surface area contributed by atoms with Crippen LogP contribution in [0.15, 0.2) is 42.5 Å². The summed E-state index contributed by atoms with van der Waals surface area (Å²) >= 11 is 0. The molecule has 1 saturated carbocycles. The summed E-state index contributed by atoms with van der Waals surface area (Å²) in [6.45, 7) is 1.03. The zero-order valence-corrected chi connectivity index (χ0v) is 17.3. The van der Waals surface area contributed by atoms with Crippen molar-refractivity contribution in [3.8, 4) is 23.0 Å². The summed E-state index contributed by atoms with van der Waals surface area (Å²) < 4.78 is 21.7. The van der Waals surface area contributed by atoms with Crippen LogP contribution in [0.2, 0.25) is 0 Å². The zero-order valence-electron chi connectivity index (χ0n) is 17.3. The second-order valence-corrected chi connectivity index (χ2v) is 7.06. The van der Waals surface area contributed by atoms with Crippen molar-refractivity contribution in [1.82, 2.24) is 4.90 Å². The van der Waals surface area contributed by atoms with Gasteiger partial charge in [-0.2, -0.15) is 0 Å². The van der Waals surface area contributed by atoms with Gasteiger partial charge in [-0.25, -0.2) is 0 Å². The lowest BCUT2D eigenvalue weighted by atomic mass is 10.1. The number of hydrogen-bond acceptors (Lipinski definition) is 5.